The Kier molecular flexibility index (Phi) is 4.27. The van der Waals surface area contributed by atoms with Crippen molar-refractivity contribution < 1.29 is 15.0 Å². The second-order valence-corrected chi connectivity index (χ2v) is 5.40. The van der Waals surface area contributed by atoms with Gasteiger partial charge in [0, 0.05) is 24.9 Å². The first kappa shape index (κ1) is 14.8. The summed E-state index contributed by atoms with van der Waals surface area (Å²) in [5, 5.41) is 21.5. The second kappa shape index (κ2) is 5.78. The number of aliphatic hydroxyl groups excluding tert-OH is 1. The number of aromatic nitrogens is 1. The van der Waals surface area contributed by atoms with Crippen molar-refractivity contribution in [1.82, 2.24) is 10.3 Å². The molecule has 2 rings (SSSR count). The number of aromatic amines is 1. The molecule has 20 heavy (non-hydrogen) atoms. The summed E-state index contributed by atoms with van der Waals surface area (Å²) >= 11 is 0. The molecule has 1 amide bonds. The lowest BCUT2D eigenvalue weighted by molar-refractivity contribution is -0.123. The van der Waals surface area contributed by atoms with Crippen molar-refractivity contribution in [3.8, 4) is 0 Å². The van der Waals surface area contributed by atoms with Gasteiger partial charge in [-0.1, -0.05) is 6.08 Å². The zero-order chi connectivity index (χ0) is 14.8. The van der Waals surface area contributed by atoms with Crippen molar-refractivity contribution in [2.45, 2.75) is 31.4 Å². The van der Waals surface area contributed by atoms with Crippen molar-refractivity contribution in [3.05, 3.63) is 29.1 Å². The van der Waals surface area contributed by atoms with Gasteiger partial charge < -0.3 is 26.2 Å². The topological polar surface area (TPSA) is 111 Å². The molecular formula is C14H21N3O3. The Hall–Kier alpha value is -1.63. The molecular weight excluding hydrogens is 258 g/mol. The van der Waals surface area contributed by atoms with Crippen molar-refractivity contribution in [1.29, 1.82) is 0 Å². The monoisotopic (exact) mass is 279 g/mol. The van der Waals surface area contributed by atoms with Crippen molar-refractivity contribution in [2.24, 2.45) is 5.73 Å². The van der Waals surface area contributed by atoms with E-state index in [0.29, 0.717) is 19.4 Å². The largest absolute Gasteiger partial charge is 0.394 e. The third-order valence-electron chi connectivity index (χ3n) is 3.49. The lowest BCUT2D eigenvalue weighted by atomic mass is 9.88. The Labute approximate surface area is 117 Å². The fourth-order valence-electron chi connectivity index (χ4n) is 2.31. The molecule has 0 aromatic carbocycles. The van der Waals surface area contributed by atoms with E-state index in [1.54, 1.807) is 13.0 Å². The Morgan fingerprint density at radius 2 is 2.40 bits per heavy atom. The molecule has 6 heteroatoms. The number of aliphatic hydroxyl groups is 2. The molecule has 1 aliphatic rings. The van der Waals surface area contributed by atoms with E-state index in [2.05, 4.69) is 10.3 Å². The van der Waals surface area contributed by atoms with E-state index < -0.39 is 11.6 Å². The summed E-state index contributed by atoms with van der Waals surface area (Å²) in [7, 11) is 0. The van der Waals surface area contributed by atoms with Crippen molar-refractivity contribution >= 4 is 12.0 Å². The quantitative estimate of drug-likeness (QED) is 0.491. The Morgan fingerprint density at radius 1 is 1.65 bits per heavy atom. The predicted molar refractivity (Wildman–Crippen MR) is 75.9 cm³/mol. The molecule has 6 N–H and O–H groups in total. The zero-order valence-electron chi connectivity index (χ0n) is 11.5. The van der Waals surface area contributed by atoms with Crippen molar-refractivity contribution in [2.75, 3.05) is 13.2 Å². The number of hydrogen-bond donors (Lipinski definition) is 5. The zero-order valence-corrected chi connectivity index (χ0v) is 11.5. The van der Waals surface area contributed by atoms with Crippen LogP contribution >= 0.6 is 0 Å². The minimum absolute atomic E-state index is 0.358. The molecule has 0 bridgehead atoms. The molecule has 2 atom stereocenters. The van der Waals surface area contributed by atoms with Gasteiger partial charge in [0.15, 0.2) is 0 Å². The highest BCUT2D eigenvalue weighted by atomic mass is 16.3. The first-order valence-electron chi connectivity index (χ1n) is 6.68. The van der Waals surface area contributed by atoms with Crippen LogP contribution in [0.5, 0.6) is 0 Å². The van der Waals surface area contributed by atoms with Crippen molar-refractivity contribution in [3.63, 3.8) is 0 Å². The minimum Gasteiger partial charge on any atom is -0.394 e. The van der Waals surface area contributed by atoms with Crippen LogP contribution in [0.25, 0.3) is 6.08 Å². The maximum Gasteiger partial charge on any atom is 0.239 e. The van der Waals surface area contributed by atoms with Gasteiger partial charge in [-0.25, -0.2) is 0 Å². The minimum atomic E-state index is -0.876. The van der Waals surface area contributed by atoms with Gasteiger partial charge in [0.2, 0.25) is 5.91 Å². The number of hydrogen-bond acceptors (Lipinski definition) is 4. The molecule has 1 unspecified atom stereocenters. The maximum absolute atomic E-state index is 11.4. The van der Waals surface area contributed by atoms with E-state index in [1.165, 1.54) is 0 Å². The van der Waals surface area contributed by atoms with E-state index in [-0.39, 0.29) is 12.5 Å². The first-order chi connectivity index (χ1) is 9.43. The Balaban J connectivity index is 1.94. The molecule has 0 saturated carbocycles. The number of H-pyrrole nitrogens is 1. The second-order valence-electron chi connectivity index (χ2n) is 5.40. The highest BCUT2D eigenvalue weighted by Gasteiger charge is 2.25. The van der Waals surface area contributed by atoms with Gasteiger partial charge in [-0.15, -0.1) is 0 Å². The molecule has 1 aromatic rings. The van der Waals surface area contributed by atoms with E-state index in [1.807, 2.05) is 12.3 Å². The highest BCUT2D eigenvalue weighted by Crippen LogP contribution is 2.27. The smallest absolute Gasteiger partial charge is 0.239 e. The predicted octanol–water partition coefficient (Wildman–Crippen LogP) is -0.687. The summed E-state index contributed by atoms with van der Waals surface area (Å²) in [5.41, 5.74) is 7.74. The summed E-state index contributed by atoms with van der Waals surface area (Å²) in [6.07, 6.45) is 6.76. The lowest BCUT2D eigenvalue weighted by Crippen LogP contribution is -2.43. The van der Waals surface area contributed by atoms with Gasteiger partial charge in [0.1, 0.15) is 6.04 Å². The average Bonchev–Trinajstić information content (AvgIpc) is 2.79. The van der Waals surface area contributed by atoms with Crippen LogP contribution in [0.3, 0.4) is 0 Å². The molecule has 1 heterocycles. The van der Waals surface area contributed by atoms with Gasteiger partial charge in [-0.05, 0) is 30.5 Å². The number of rotatable bonds is 5. The van der Waals surface area contributed by atoms with Gasteiger partial charge >= 0.3 is 0 Å². The lowest BCUT2D eigenvalue weighted by Gasteiger charge is -2.23. The van der Waals surface area contributed by atoms with Gasteiger partial charge in [-0.3, -0.25) is 4.79 Å². The van der Waals surface area contributed by atoms with Gasteiger partial charge in [-0.2, -0.15) is 0 Å². The van der Waals surface area contributed by atoms with Crippen LogP contribution in [-0.4, -0.2) is 45.9 Å². The number of nitrogens with one attached hydrogen (secondary N) is 2. The van der Waals surface area contributed by atoms with Gasteiger partial charge in [0.05, 0.1) is 12.2 Å². The normalized spacial score (nSPS) is 22.4. The molecule has 0 fully saturated rings. The van der Waals surface area contributed by atoms with Crippen LogP contribution in [0.1, 0.15) is 23.7 Å². The fraction of sp³-hybridized carbons (Fsp3) is 0.500. The van der Waals surface area contributed by atoms with Crippen LogP contribution in [0.15, 0.2) is 12.3 Å². The number of nitrogens with two attached hydrogens (primary N) is 1. The fourth-order valence-corrected chi connectivity index (χ4v) is 2.31. The Bertz CT molecular complexity index is 520. The number of carbonyl (C=O) groups excluding carboxylic acids is 1. The van der Waals surface area contributed by atoms with E-state index in [9.17, 15) is 9.90 Å². The van der Waals surface area contributed by atoms with Crippen LogP contribution in [0.2, 0.25) is 0 Å². The summed E-state index contributed by atoms with van der Waals surface area (Å²) in [6, 6.07) is -0.876. The average molecular weight is 279 g/mol. The third kappa shape index (κ3) is 3.27. The maximum atomic E-state index is 11.4. The standard InChI is InChI=1S/C14H21N3O3/c1-14(20)4-2-12-10(6-14)9(7-17-12)3-5-16-13(19)11(15)8-18/h2,4,7,11,17-18,20H,3,5-6,8,15H2,1H3,(H,16,19)/t11-,14?/m0/s1. The number of fused-ring (bicyclic) bond motifs is 1. The first-order valence-corrected chi connectivity index (χ1v) is 6.68. The molecule has 0 saturated heterocycles. The van der Waals surface area contributed by atoms with Gasteiger partial charge in [0.25, 0.3) is 0 Å². The SMILES string of the molecule is CC1(O)C=Cc2[nH]cc(CCNC(=O)[C@@H](N)CO)c2C1. The molecule has 110 valence electrons. The van der Waals surface area contributed by atoms with Crippen LogP contribution in [0, 0.1) is 0 Å². The molecule has 0 aliphatic heterocycles. The van der Waals surface area contributed by atoms with E-state index >= 15 is 0 Å². The molecule has 1 aromatic heterocycles. The molecule has 0 radical (unpaired) electrons. The van der Waals surface area contributed by atoms with Crippen LogP contribution in [0.4, 0.5) is 0 Å². The summed E-state index contributed by atoms with van der Waals surface area (Å²) < 4.78 is 0. The molecule has 0 spiro atoms. The summed E-state index contributed by atoms with van der Waals surface area (Å²) in [6.45, 7) is 1.85. The number of amides is 1. The summed E-state index contributed by atoms with van der Waals surface area (Å²) in [5.74, 6) is -0.358. The van der Waals surface area contributed by atoms with Crippen LogP contribution in [-0.2, 0) is 17.6 Å². The third-order valence-corrected chi connectivity index (χ3v) is 3.49. The van der Waals surface area contributed by atoms with Crippen LogP contribution < -0.4 is 11.1 Å². The molecule has 1 aliphatic carbocycles. The molecule has 6 nitrogen and oxygen atoms in total. The Morgan fingerprint density at radius 3 is 3.10 bits per heavy atom. The summed E-state index contributed by atoms with van der Waals surface area (Å²) in [4.78, 5) is 14.6. The number of carbonyl (C=O) groups is 1. The van der Waals surface area contributed by atoms with E-state index in [0.717, 1.165) is 16.8 Å². The highest BCUT2D eigenvalue weighted by molar-refractivity contribution is 5.81. The van der Waals surface area contributed by atoms with E-state index in [4.69, 9.17) is 10.8 Å².